The summed E-state index contributed by atoms with van der Waals surface area (Å²) < 4.78 is 0. The van der Waals surface area contributed by atoms with Crippen molar-refractivity contribution in [3.63, 3.8) is 0 Å². The Morgan fingerprint density at radius 2 is 1.46 bits per heavy atom. The lowest BCUT2D eigenvalue weighted by atomic mass is 9.98. The zero-order valence-electron chi connectivity index (χ0n) is 19.6. The smallest absolute Gasteiger partial charge is 0.110 e. The highest BCUT2D eigenvalue weighted by Crippen LogP contribution is 2.37. The lowest BCUT2D eigenvalue weighted by Gasteiger charge is -2.41. The molecule has 0 radical (unpaired) electrons. The first-order valence-electron chi connectivity index (χ1n) is 9.61. The Morgan fingerprint density at radius 3 is 1.93 bits per heavy atom. The Balaban J connectivity index is 0.00000133. The summed E-state index contributed by atoms with van der Waals surface area (Å²) in [7, 11) is 5.51. The Hall–Kier alpha value is -2.62. The molecule has 0 bridgehead atoms. The normalized spacial score (nSPS) is 14.3. The summed E-state index contributed by atoms with van der Waals surface area (Å²) in [5.41, 5.74) is 9.11. The Bertz CT molecular complexity index is 797. The highest BCUT2D eigenvalue weighted by molar-refractivity contribution is 6.01. The monoisotopic (exact) mass is 382 g/mol. The average molecular weight is 383 g/mol. The second-order valence-corrected chi connectivity index (χ2v) is 6.55. The number of allylic oxidation sites excluding steroid dienone is 2. The number of aliphatic imine (C=N–C) groups is 2. The van der Waals surface area contributed by atoms with Gasteiger partial charge in [-0.2, -0.15) is 0 Å². The predicted molar refractivity (Wildman–Crippen MR) is 128 cm³/mol. The summed E-state index contributed by atoms with van der Waals surface area (Å²) in [5.74, 6) is 0.919. The quantitative estimate of drug-likeness (QED) is 0.577. The largest absolute Gasteiger partial charge is 0.335 e. The van der Waals surface area contributed by atoms with Crippen LogP contribution in [0.1, 0.15) is 51.3 Å². The van der Waals surface area contributed by atoms with Gasteiger partial charge in [-0.15, -0.1) is 0 Å². The first-order chi connectivity index (χ1) is 13.1. The Kier molecular flexibility index (Phi) is 10.2. The maximum atomic E-state index is 4.35. The molecule has 0 fully saturated rings. The molecule has 0 atom stereocenters. The van der Waals surface area contributed by atoms with Crippen LogP contribution in [0.5, 0.6) is 0 Å². The average Bonchev–Trinajstić information content (AvgIpc) is 2.68. The van der Waals surface area contributed by atoms with Gasteiger partial charge in [0.25, 0.3) is 0 Å². The van der Waals surface area contributed by atoms with E-state index < -0.39 is 0 Å². The van der Waals surface area contributed by atoms with Crippen LogP contribution in [-0.2, 0) is 0 Å². The maximum absolute atomic E-state index is 4.35. The molecule has 4 heteroatoms. The molecular weight excluding hydrogens is 344 g/mol. The number of anilines is 1. The molecule has 4 nitrogen and oxygen atoms in total. The van der Waals surface area contributed by atoms with Crippen molar-refractivity contribution in [2.45, 2.75) is 48.5 Å². The molecular formula is C24H38N4. The van der Waals surface area contributed by atoms with Crippen molar-refractivity contribution >= 4 is 18.1 Å². The molecule has 0 spiro atoms. The number of hydrogen-bond acceptors (Lipinski definition) is 4. The van der Waals surface area contributed by atoms with E-state index in [9.17, 15) is 0 Å². The Morgan fingerprint density at radius 1 is 0.964 bits per heavy atom. The van der Waals surface area contributed by atoms with E-state index in [1.165, 1.54) is 28.0 Å². The molecule has 28 heavy (non-hydrogen) atoms. The molecule has 154 valence electrons. The standard InChI is InChI=1S/C20H27N3.C2H5N.C2H6/c1-12-10-13(2)20(11-19(12)15(4)21-8)23-17(6)14(3)16(5)22(9)18(23)7;1-3-2;1-2/h10-11H,6-7H2,1-5,8-9H3;1H2,2H3;1-2H3. The van der Waals surface area contributed by atoms with E-state index in [1.807, 2.05) is 34.9 Å². The number of rotatable bonds is 2. The molecule has 0 saturated heterocycles. The first kappa shape index (κ1) is 25.4. The summed E-state index contributed by atoms with van der Waals surface area (Å²) in [6, 6.07) is 4.41. The molecule has 1 aliphatic rings. The van der Waals surface area contributed by atoms with Gasteiger partial charge in [-0.3, -0.25) is 9.89 Å². The van der Waals surface area contributed by atoms with E-state index in [0.29, 0.717) is 0 Å². The van der Waals surface area contributed by atoms with Crippen molar-refractivity contribution in [3.05, 3.63) is 64.8 Å². The maximum Gasteiger partial charge on any atom is 0.110 e. The van der Waals surface area contributed by atoms with Gasteiger partial charge < -0.3 is 9.89 Å². The van der Waals surface area contributed by atoms with Crippen LogP contribution in [0.25, 0.3) is 0 Å². The van der Waals surface area contributed by atoms with Crippen molar-refractivity contribution in [2.75, 3.05) is 26.0 Å². The minimum absolute atomic E-state index is 0.919. The van der Waals surface area contributed by atoms with Crippen LogP contribution in [-0.4, -0.2) is 38.5 Å². The summed E-state index contributed by atoms with van der Waals surface area (Å²) in [6.45, 7) is 26.2. The SMILES string of the molecule is C=C1C(C)=C(C)N(C)C(=C)N1c1cc(C(C)=NC)c(C)cc1C.C=NC.CC. The summed E-state index contributed by atoms with van der Waals surface area (Å²) >= 11 is 0. The minimum atomic E-state index is 0.919. The molecule has 1 heterocycles. The molecule has 0 aliphatic carbocycles. The van der Waals surface area contributed by atoms with Crippen LogP contribution >= 0.6 is 0 Å². The van der Waals surface area contributed by atoms with E-state index >= 15 is 0 Å². The van der Waals surface area contributed by atoms with Gasteiger partial charge in [0.05, 0.1) is 5.69 Å². The minimum Gasteiger partial charge on any atom is -0.335 e. The molecule has 0 N–H and O–H groups in total. The summed E-state index contributed by atoms with van der Waals surface area (Å²) in [5, 5.41) is 0. The lowest BCUT2D eigenvalue weighted by molar-refractivity contribution is 0.487. The van der Waals surface area contributed by atoms with Gasteiger partial charge in [0.1, 0.15) is 5.82 Å². The zero-order chi connectivity index (χ0) is 22.2. The third kappa shape index (κ3) is 5.22. The van der Waals surface area contributed by atoms with Crippen LogP contribution in [0.15, 0.2) is 58.1 Å². The van der Waals surface area contributed by atoms with Crippen molar-refractivity contribution in [1.82, 2.24) is 4.90 Å². The molecule has 2 rings (SSSR count). The van der Waals surface area contributed by atoms with Crippen molar-refractivity contribution in [3.8, 4) is 0 Å². The molecule has 0 saturated carbocycles. The fourth-order valence-electron chi connectivity index (χ4n) is 3.00. The molecule has 1 aliphatic heterocycles. The molecule has 1 aromatic carbocycles. The summed E-state index contributed by atoms with van der Waals surface area (Å²) in [6.07, 6.45) is 0. The third-order valence-electron chi connectivity index (χ3n) is 4.90. The van der Waals surface area contributed by atoms with E-state index in [1.54, 1.807) is 7.05 Å². The van der Waals surface area contributed by atoms with Crippen LogP contribution in [0.4, 0.5) is 5.69 Å². The second-order valence-electron chi connectivity index (χ2n) is 6.55. The fourth-order valence-corrected chi connectivity index (χ4v) is 3.00. The van der Waals surface area contributed by atoms with E-state index in [-0.39, 0.29) is 0 Å². The van der Waals surface area contributed by atoms with Crippen LogP contribution in [0.3, 0.4) is 0 Å². The summed E-state index contributed by atoms with van der Waals surface area (Å²) in [4.78, 5) is 11.9. The van der Waals surface area contributed by atoms with E-state index in [0.717, 1.165) is 22.9 Å². The lowest BCUT2D eigenvalue weighted by Crippen LogP contribution is -2.37. The van der Waals surface area contributed by atoms with Gasteiger partial charge in [-0.1, -0.05) is 33.1 Å². The fraction of sp³-hybridized carbons (Fsp3) is 0.417. The zero-order valence-corrected chi connectivity index (χ0v) is 19.6. The highest BCUT2D eigenvalue weighted by Gasteiger charge is 2.27. The molecule has 0 amide bonds. The first-order valence-corrected chi connectivity index (χ1v) is 9.61. The topological polar surface area (TPSA) is 31.2 Å². The van der Waals surface area contributed by atoms with E-state index in [2.05, 4.69) is 79.5 Å². The number of hydrogen-bond donors (Lipinski definition) is 0. The molecule has 0 aromatic heterocycles. The molecule has 0 unspecified atom stereocenters. The van der Waals surface area contributed by atoms with Gasteiger partial charge in [0, 0.05) is 43.8 Å². The number of aryl methyl sites for hydroxylation is 2. The second kappa shape index (κ2) is 11.3. The van der Waals surface area contributed by atoms with Gasteiger partial charge >= 0.3 is 0 Å². The van der Waals surface area contributed by atoms with Crippen molar-refractivity contribution < 1.29 is 0 Å². The number of benzene rings is 1. The van der Waals surface area contributed by atoms with Crippen LogP contribution in [0.2, 0.25) is 0 Å². The van der Waals surface area contributed by atoms with Gasteiger partial charge in [0.2, 0.25) is 0 Å². The molecule has 1 aromatic rings. The van der Waals surface area contributed by atoms with E-state index in [4.69, 9.17) is 0 Å². The highest BCUT2D eigenvalue weighted by atomic mass is 15.3. The van der Waals surface area contributed by atoms with Crippen LogP contribution < -0.4 is 4.90 Å². The van der Waals surface area contributed by atoms with Gasteiger partial charge in [0.15, 0.2) is 0 Å². The van der Waals surface area contributed by atoms with Crippen molar-refractivity contribution in [2.24, 2.45) is 9.98 Å². The third-order valence-corrected chi connectivity index (χ3v) is 4.90. The Labute approximate surface area is 172 Å². The van der Waals surface area contributed by atoms with Gasteiger partial charge in [-0.05, 0) is 64.1 Å². The van der Waals surface area contributed by atoms with Crippen molar-refractivity contribution in [1.29, 1.82) is 0 Å². The predicted octanol–water partition coefficient (Wildman–Crippen LogP) is 6.12. The van der Waals surface area contributed by atoms with Gasteiger partial charge in [-0.25, -0.2) is 0 Å². The number of nitrogens with zero attached hydrogens (tertiary/aromatic N) is 4. The van der Waals surface area contributed by atoms with Crippen LogP contribution in [0, 0.1) is 13.8 Å².